The number of aliphatic hydroxyl groups is 1. The van der Waals surface area contributed by atoms with Gasteiger partial charge < -0.3 is 9.84 Å². The lowest BCUT2D eigenvalue weighted by atomic mass is 9.77. The summed E-state index contributed by atoms with van der Waals surface area (Å²) in [6, 6.07) is 11.6. The van der Waals surface area contributed by atoms with Gasteiger partial charge in [-0.1, -0.05) is 44.2 Å². The van der Waals surface area contributed by atoms with Gasteiger partial charge in [0.1, 0.15) is 30.1 Å². The summed E-state index contributed by atoms with van der Waals surface area (Å²) in [4.78, 5) is 12.3. The summed E-state index contributed by atoms with van der Waals surface area (Å²) in [7, 11) is 0. The van der Waals surface area contributed by atoms with Crippen LogP contribution in [0.3, 0.4) is 0 Å². The van der Waals surface area contributed by atoms with E-state index >= 15 is 0 Å². The van der Waals surface area contributed by atoms with Gasteiger partial charge in [0.05, 0.1) is 0 Å². The van der Waals surface area contributed by atoms with E-state index in [0.717, 1.165) is 5.56 Å². The van der Waals surface area contributed by atoms with Crippen molar-refractivity contribution in [1.29, 1.82) is 5.26 Å². The Hall–Kier alpha value is -2.12. The first-order valence-electron chi connectivity index (χ1n) is 7.39. The molecule has 22 heavy (non-hydrogen) atoms. The number of Topliss-reactive ketones (excluding diaryl/α,β-unsaturated/α-hetero) is 1. The zero-order valence-electron chi connectivity index (χ0n) is 13.0. The third-order valence-corrected chi connectivity index (χ3v) is 4.12. The van der Waals surface area contributed by atoms with E-state index in [2.05, 4.69) is 0 Å². The van der Waals surface area contributed by atoms with Crippen molar-refractivity contribution in [3.63, 3.8) is 0 Å². The lowest BCUT2D eigenvalue weighted by Gasteiger charge is -2.30. The van der Waals surface area contributed by atoms with E-state index in [0.29, 0.717) is 19.3 Å². The summed E-state index contributed by atoms with van der Waals surface area (Å²) in [5.41, 5.74) is -0.726. The van der Waals surface area contributed by atoms with E-state index in [1.165, 1.54) is 6.26 Å². The first kappa shape index (κ1) is 16.3. The van der Waals surface area contributed by atoms with Crippen LogP contribution in [0.15, 0.2) is 42.2 Å². The van der Waals surface area contributed by atoms with Crippen molar-refractivity contribution >= 4 is 5.78 Å². The highest BCUT2D eigenvalue weighted by Gasteiger charge is 2.37. The summed E-state index contributed by atoms with van der Waals surface area (Å²) in [6.07, 6.45) is 2.57. The van der Waals surface area contributed by atoms with Crippen LogP contribution in [0.4, 0.5) is 0 Å². The molecule has 4 heteroatoms. The van der Waals surface area contributed by atoms with Crippen LogP contribution in [0.25, 0.3) is 0 Å². The molecule has 1 heterocycles. The van der Waals surface area contributed by atoms with E-state index in [-0.39, 0.29) is 18.0 Å². The quantitative estimate of drug-likeness (QED) is 0.911. The van der Waals surface area contributed by atoms with Crippen LogP contribution in [-0.4, -0.2) is 23.1 Å². The largest absolute Gasteiger partial charge is 0.497 e. The maximum Gasteiger partial charge on any atom is 0.182 e. The number of nitrogens with zero attached hydrogens (tertiary/aromatic N) is 1. The molecule has 0 amide bonds. The number of benzene rings is 1. The number of ether oxygens (including phenoxy) is 1. The molecule has 4 nitrogen and oxygen atoms in total. The van der Waals surface area contributed by atoms with Crippen LogP contribution < -0.4 is 0 Å². The van der Waals surface area contributed by atoms with Gasteiger partial charge in [0.15, 0.2) is 5.78 Å². The third-order valence-electron chi connectivity index (χ3n) is 4.12. The summed E-state index contributed by atoms with van der Waals surface area (Å²) in [6.45, 7) is 3.67. The molecule has 1 aromatic rings. The molecular formula is C18H21NO3. The number of hydrogen-bond donors (Lipinski definition) is 1. The lowest BCUT2D eigenvalue weighted by Crippen LogP contribution is -2.38. The summed E-state index contributed by atoms with van der Waals surface area (Å²) < 4.78 is 5.35. The molecule has 0 fully saturated rings. The zero-order valence-corrected chi connectivity index (χ0v) is 13.0. The van der Waals surface area contributed by atoms with Gasteiger partial charge in [-0.25, -0.2) is 0 Å². The molecule has 0 spiro atoms. The van der Waals surface area contributed by atoms with Gasteiger partial charge >= 0.3 is 0 Å². The van der Waals surface area contributed by atoms with E-state index in [9.17, 15) is 9.90 Å². The van der Waals surface area contributed by atoms with Crippen LogP contribution in [0.2, 0.25) is 0 Å². The van der Waals surface area contributed by atoms with Crippen molar-refractivity contribution in [2.45, 2.75) is 38.7 Å². The number of ketones is 1. The number of carbonyl (C=O) groups is 1. The van der Waals surface area contributed by atoms with Crippen LogP contribution in [0, 0.1) is 16.7 Å². The lowest BCUT2D eigenvalue weighted by molar-refractivity contribution is -0.123. The number of carbonyl (C=O) groups excluding carboxylic acids is 1. The molecule has 0 saturated heterocycles. The average molecular weight is 299 g/mol. The maximum atomic E-state index is 12.3. The van der Waals surface area contributed by atoms with Gasteiger partial charge in [-0.2, -0.15) is 5.26 Å². The highest BCUT2D eigenvalue weighted by Crippen LogP contribution is 2.33. The van der Waals surface area contributed by atoms with Crippen molar-refractivity contribution in [3.8, 4) is 6.07 Å². The molecule has 1 aliphatic heterocycles. The number of nitriles is 1. The first-order chi connectivity index (χ1) is 10.4. The maximum absolute atomic E-state index is 12.3. The Labute approximate surface area is 131 Å². The Morgan fingerprint density at radius 2 is 1.95 bits per heavy atom. The Morgan fingerprint density at radius 1 is 1.27 bits per heavy atom. The molecule has 0 aliphatic carbocycles. The normalized spacial score (nSPS) is 27.4. The van der Waals surface area contributed by atoms with Gasteiger partial charge in [0, 0.05) is 11.8 Å². The average Bonchev–Trinajstić information content (AvgIpc) is 2.53. The molecule has 0 aromatic heterocycles. The molecule has 0 saturated carbocycles. The van der Waals surface area contributed by atoms with Crippen LogP contribution in [0.1, 0.15) is 32.3 Å². The second kappa shape index (κ2) is 6.33. The fraction of sp³-hybridized carbons (Fsp3) is 0.444. The number of rotatable bonds is 2. The van der Waals surface area contributed by atoms with Crippen LogP contribution in [-0.2, 0) is 16.0 Å². The van der Waals surface area contributed by atoms with Crippen LogP contribution >= 0.6 is 0 Å². The number of allylic oxidation sites excluding steroid dienone is 1. The van der Waals surface area contributed by atoms with Gasteiger partial charge in [0.2, 0.25) is 0 Å². The van der Waals surface area contributed by atoms with Gasteiger partial charge in [0.25, 0.3) is 0 Å². The van der Waals surface area contributed by atoms with Crippen molar-refractivity contribution in [1.82, 2.24) is 0 Å². The SMILES string of the molecule is CC1(C)CCC(O)(Cc2ccccc2)CO/C=C(/C#N)C1=O. The molecular weight excluding hydrogens is 278 g/mol. The fourth-order valence-corrected chi connectivity index (χ4v) is 2.62. The topological polar surface area (TPSA) is 70.3 Å². The molecule has 1 atom stereocenters. The predicted octanol–water partition coefficient (Wildman–Crippen LogP) is 2.77. The molecule has 116 valence electrons. The molecule has 0 radical (unpaired) electrons. The molecule has 1 aliphatic rings. The van der Waals surface area contributed by atoms with Crippen molar-refractivity contribution in [2.24, 2.45) is 5.41 Å². The van der Waals surface area contributed by atoms with E-state index < -0.39 is 11.0 Å². The minimum atomic E-state index is -1.06. The standard InChI is InChI=1S/C18H21NO3/c1-17(2)8-9-18(21,10-14-6-4-3-5-7-14)13-22-12-15(11-19)16(17)20/h3-7,12,21H,8-10,13H2,1-2H3/b15-12-. The van der Waals surface area contributed by atoms with E-state index in [1.807, 2.05) is 36.4 Å². The third kappa shape index (κ3) is 3.75. The van der Waals surface area contributed by atoms with Crippen molar-refractivity contribution in [2.75, 3.05) is 6.61 Å². The fourth-order valence-electron chi connectivity index (χ4n) is 2.62. The summed E-state index contributed by atoms with van der Waals surface area (Å²) in [5, 5.41) is 20.0. The second-order valence-electron chi connectivity index (χ2n) is 6.55. The summed E-state index contributed by atoms with van der Waals surface area (Å²) in [5.74, 6) is -0.237. The van der Waals surface area contributed by atoms with Crippen molar-refractivity contribution in [3.05, 3.63) is 47.7 Å². The molecule has 1 N–H and O–H groups in total. The minimum Gasteiger partial charge on any atom is -0.497 e. The highest BCUT2D eigenvalue weighted by molar-refractivity contribution is 6.02. The molecule has 2 rings (SSSR count). The van der Waals surface area contributed by atoms with Crippen molar-refractivity contribution < 1.29 is 14.6 Å². The van der Waals surface area contributed by atoms with Gasteiger partial charge in [-0.05, 0) is 18.4 Å². The number of hydrogen-bond acceptors (Lipinski definition) is 4. The molecule has 0 bridgehead atoms. The molecule has 1 unspecified atom stereocenters. The Bertz CT molecular complexity index is 613. The second-order valence-corrected chi connectivity index (χ2v) is 6.55. The van der Waals surface area contributed by atoms with E-state index in [4.69, 9.17) is 10.00 Å². The monoisotopic (exact) mass is 299 g/mol. The summed E-state index contributed by atoms with van der Waals surface area (Å²) >= 11 is 0. The van der Waals surface area contributed by atoms with Gasteiger partial charge in [-0.3, -0.25) is 4.79 Å². The zero-order chi connectivity index (χ0) is 16.2. The van der Waals surface area contributed by atoms with E-state index in [1.54, 1.807) is 13.8 Å². The Balaban J connectivity index is 2.24. The Morgan fingerprint density at radius 3 is 2.59 bits per heavy atom. The first-order valence-corrected chi connectivity index (χ1v) is 7.39. The van der Waals surface area contributed by atoms with Gasteiger partial charge in [-0.15, -0.1) is 0 Å². The highest BCUT2D eigenvalue weighted by atomic mass is 16.5. The Kier molecular flexibility index (Phi) is 4.68. The minimum absolute atomic E-state index is 0.00830. The van der Waals surface area contributed by atoms with Crippen LogP contribution in [0.5, 0.6) is 0 Å². The smallest absolute Gasteiger partial charge is 0.182 e. The predicted molar refractivity (Wildman–Crippen MR) is 82.8 cm³/mol. The molecule has 1 aromatic carbocycles.